The van der Waals surface area contributed by atoms with Crippen molar-refractivity contribution in [2.24, 2.45) is 17.1 Å². The number of fused-ring (bicyclic) bond motifs is 1. The fraction of sp³-hybridized carbons (Fsp3) is 0.269. The SMILES string of the molecule is N#CC1=C(N)C(C#N)(C#N)C(c2ccc(OCc3ccc(Cl)cc3)c([N+](=O)[O-])c2)C2CCCC=C12. The lowest BCUT2D eigenvalue weighted by molar-refractivity contribution is -0.386. The second kappa shape index (κ2) is 9.50. The molecule has 0 aliphatic heterocycles. The van der Waals surface area contributed by atoms with Gasteiger partial charge in [0.15, 0.2) is 11.2 Å². The summed E-state index contributed by atoms with van der Waals surface area (Å²) < 4.78 is 5.73. The number of nitriles is 3. The number of rotatable bonds is 5. The van der Waals surface area contributed by atoms with Crippen LogP contribution in [0.15, 0.2) is 65.4 Å². The average Bonchev–Trinajstić information content (AvgIpc) is 2.88. The first-order chi connectivity index (χ1) is 16.9. The maximum atomic E-state index is 11.9. The average molecular weight is 486 g/mol. The zero-order chi connectivity index (χ0) is 25.2. The summed E-state index contributed by atoms with van der Waals surface area (Å²) in [5.74, 6) is -1.06. The summed E-state index contributed by atoms with van der Waals surface area (Å²) in [7, 11) is 0. The van der Waals surface area contributed by atoms with Gasteiger partial charge in [-0.15, -0.1) is 0 Å². The topological polar surface area (TPSA) is 150 Å². The predicted molar refractivity (Wildman–Crippen MR) is 128 cm³/mol. The van der Waals surface area contributed by atoms with Crippen molar-refractivity contribution >= 4 is 17.3 Å². The molecule has 2 aliphatic rings. The molecule has 0 saturated heterocycles. The summed E-state index contributed by atoms with van der Waals surface area (Å²) in [6.45, 7) is 0.0951. The molecule has 0 fully saturated rings. The van der Waals surface area contributed by atoms with Crippen LogP contribution in [-0.4, -0.2) is 4.92 Å². The van der Waals surface area contributed by atoms with E-state index in [1.54, 1.807) is 30.3 Å². The van der Waals surface area contributed by atoms with E-state index in [4.69, 9.17) is 22.1 Å². The van der Waals surface area contributed by atoms with Crippen LogP contribution < -0.4 is 10.5 Å². The summed E-state index contributed by atoms with van der Waals surface area (Å²) in [6, 6.07) is 17.5. The smallest absolute Gasteiger partial charge is 0.311 e. The number of hydrogen-bond acceptors (Lipinski definition) is 7. The van der Waals surface area contributed by atoms with Gasteiger partial charge in [0.25, 0.3) is 0 Å². The van der Waals surface area contributed by atoms with Gasteiger partial charge in [-0.05, 0) is 60.1 Å². The lowest BCUT2D eigenvalue weighted by atomic mass is 9.56. The Hall–Kier alpha value is -4.32. The number of benzene rings is 2. The van der Waals surface area contributed by atoms with Gasteiger partial charge in [-0.3, -0.25) is 10.1 Å². The quantitative estimate of drug-likeness (QED) is 0.438. The van der Waals surface area contributed by atoms with E-state index in [0.717, 1.165) is 18.4 Å². The highest BCUT2D eigenvalue weighted by Crippen LogP contribution is 2.56. The second-order valence-corrected chi connectivity index (χ2v) is 8.94. The molecule has 0 radical (unpaired) electrons. The zero-order valence-electron chi connectivity index (χ0n) is 18.6. The van der Waals surface area contributed by atoms with Gasteiger partial charge in [0, 0.05) is 17.0 Å². The van der Waals surface area contributed by atoms with E-state index in [1.807, 2.05) is 18.2 Å². The molecule has 0 saturated carbocycles. The molecule has 4 rings (SSSR count). The Bertz CT molecular complexity index is 1360. The van der Waals surface area contributed by atoms with Crippen molar-refractivity contribution in [1.82, 2.24) is 0 Å². The predicted octanol–water partition coefficient (Wildman–Crippen LogP) is 5.42. The molecular weight excluding hydrogens is 466 g/mol. The molecule has 2 unspecified atom stereocenters. The highest BCUT2D eigenvalue weighted by Gasteiger charge is 2.54. The normalized spacial score (nSPS) is 20.5. The molecule has 2 aliphatic carbocycles. The highest BCUT2D eigenvalue weighted by atomic mass is 35.5. The molecule has 8 nitrogen and oxygen atoms in total. The molecule has 35 heavy (non-hydrogen) atoms. The van der Waals surface area contributed by atoms with E-state index in [1.165, 1.54) is 12.1 Å². The minimum Gasteiger partial charge on any atom is -0.482 e. The van der Waals surface area contributed by atoms with Gasteiger partial charge < -0.3 is 10.5 Å². The monoisotopic (exact) mass is 485 g/mol. The largest absolute Gasteiger partial charge is 0.482 e. The van der Waals surface area contributed by atoms with Gasteiger partial charge in [0.05, 0.1) is 28.3 Å². The van der Waals surface area contributed by atoms with Crippen LogP contribution in [0.1, 0.15) is 36.3 Å². The molecule has 2 atom stereocenters. The molecule has 2 aromatic carbocycles. The first-order valence-electron chi connectivity index (χ1n) is 10.9. The Balaban J connectivity index is 1.80. The number of nitro benzene ring substituents is 1. The molecule has 0 amide bonds. The number of hydrogen-bond donors (Lipinski definition) is 1. The summed E-state index contributed by atoms with van der Waals surface area (Å²) in [4.78, 5) is 11.4. The molecule has 9 heteroatoms. The van der Waals surface area contributed by atoms with E-state index in [2.05, 4.69) is 6.07 Å². The van der Waals surface area contributed by atoms with Gasteiger partial charge in [0.1, 0.15) is 12.7 Å². The van der Waals surface area contributed by atoms with Crippen molar-refractivity contribution in [3.63, 3.8) is 0 Å². The number of nitrogens with zero attached hydrogens (tertiary/aromatic N) is 4. The van der Waals surface area contributed by atoms with Crippen molar-refractivity contribution < 1.29 is 9.66 Å². The number of nitrogens with two attached hydrogens (primary N) is 1. The van der Waals surface area contributed by atoms with E-state index >= 15 is 0 Å². The lowest BCUT2D eigenvalue weighted by Crippen LogP contribution is -2.42. The fourth-order valence-electron chi connectivity index (χ4n) is 4.98. The standard InChI is InChI=1S/C26H20ClN5O3/c27-18-8-5-16(6-9-18)13-35-23-10-7-17(11-22(23)32(33)34)24-20-4-2-1-3-19(20)21(12-28)25(31)26(24,14-29)15-30/h3,5-11,20,24H,1-2,4,13,31H2. The fourth-order valence-corrected chi connectivity index (χ4v) is 5.11. The van der Waals surface area contributed by atoms with Crippen molar-refractivity contribution in [2.75, 3.05) is 0 Å². The summed E-state index contributed by atoms with van der Waals surface area (Å²) in [5, 5.41) is 42.5. The van der Waals surface area contributed by atoms with Crippen molar-refractivity contribution in [3.05, 3.63) is 91.6 Å². The molecule has 0 aromatic heterocycles. The number of nitro groups is 1. The summed E-state index contributed by atoms with van der Waals surface area (Å²) in [5.41, 5.74) is 6.13. The van der Waals surface area contributed by atoms with E-state index < -0.39 is 16.3 Å². The van der Waals surface area contributed by atoms with Crippen molar-refractivity contribution in [3.8, 4) is 24.0 Å². The van der Waals surface area contributed by atoms with Gasteiger partial charge in [0.2, 0.25) is 0 Å². The minimum absolute atomic E-state index is 0.0599. The third kappa shape index (κ3) is 4.08. The summed E-state index contributed by atoms with van der Waals surface area (Å²) in [6.07, 6.45) is 4.10. The zero-order valence-corrected chi connectivity index (χ0v) is 19.3. The molecule has 0 bridgehead atoms. The van der Waals surface area contributed by atoms with Gasteiger partial charge in [-0.1, -0.05) is 35.9 Å². The van der Waals surface area contributed by atoms with Gasteiger partial charge >= 0.3 is 5.69 Å². The van der Waals surface area contributed by atoms with E-state index in [0.29, 0.717) is 22.6 Å². The number of ether oxygens (including phenoxy) is 1. The van der Waals surface area contributed by atoms with Crippen LogP contribution in [0.25, 0.3) is 0 Å². The third-order valence-electron chi connectivity index (χ3n) is 6.65. The Morgan fingerprint density at radius 1 is 1.17 bits per heavy atom. The molecule has 0 spiro atoms. The van der Waals surface area contributed by atoms with Gasteiger partial charge in [-0.2, -0.15) is 15.8 Å². The van der Waals surface area contributed by atoms with Crippen LogP contribution in [0.4, 0.5) is 5.69 Å². The van der Waals surface area contributed by atoms with Gasteiger partial charge in [-0.25, -0.2) is 0 Å². The van der Waals surface area contributed by atoms with Crippen LogP contribution >= 0.6 is 11.6 Å². The first kappa shape index (κ1) is 23.8. The minimum atomic E-state index is -1.83. The second-order valence-electron chi connectivity index (χ2n) is 8.51. The van der Waals surface area contributed by atoms with Crippen LogP contribution in [0.3, 0.4) is 0 Å². The lowest BCUT2D eigenvalue weighted by Gasteiger charge is -2.43. The van der Waals surface area contributed by atoms with Crippen LogP contribution in [-0.2, 0) is 6.61 Å². The van der Waals surface area contributed by atoms with Crippen LogP contribution in [0, 0.1) is 55.4 Å². The highest BCUT2D eigenvalue weighted by molar-refractivity contribution is 6.30. The summed E-state index contributed by atoms with van der Waals surface area (Å²) >= 11 is 5.90. The molecule has 2 N–H and O–H groups in total. The van der Waals surface area contributed by atoms with Crippen LogP contribution in [0.2, 0.25) is 5.02 Å². The Kier molecular flexibility index (Phi) is 6.47. The molecule has 0 heterocycles. The van der Waals surface area contributed by atoms with Crippen LogP contribution in [0.5, 0.6) is 5.75 Å². The van der Waals surface area contributed by atoms with Crippen molar-refractivity contribution in [1.29, 1.82) is 15.8 Å². The number of allylic oxidation sites excluding steroid dienone is 4. The van der Waals surface area contributed by atoms with Crippen molar-refractivity contribution in [2.45, 2.75) is 31.8 Å². The third-order valence-corrected chi connectivity index (χ3v) is 6.90. The first-order valence-corrected chi connectivity index (χ1v) is 11.3. The molecule has 2 aromatic rings. The maximum Gasteiger partial charge on any atom is 0.311 e. The maximum absolute atomic E-state index is 11.9. The molecular formula is C26H20ClN5O3. The molecule has 174 valence electrons. The Labute approximate surface area is 207 Å². The van der Waals surface area contributed by atoms with E-state index in [-0.39, 0.29) is 35.2 Å². The van der Waals surface area contributed by atoms with E-state index in [9.17, 15) is 25.9 Å². The number of halogens is 1. The Morgan fingerprint density at radius 2 is 1.89 bits per heavy atom. The Morgan fingerprint density at radius 3 is 2.51 bits per heavy atom.